The molecule has 0 fully saturated rings. The van der Waals surface area contributed by atoms with Crippen molar-refractivity contribution >= 4 is 31.3 Å². The Balaban J connectivity index is -0.0000000284. The van der Waals surface area contributed by atoms with E-state index in [1.165, 1.54) is 0 Å². The molecule has 0 aliphatic rings. The van der Waals surface area contributed by atoms with Crippen molar-refractivity contribution in [3.8, 4) is 0 Å². The summed E-state index contributed by atoms with van der Waals surface area (Å²) in [6, 6.07) is 0. The van der Waals surface area contributed by atoms with Crippen molar-refractivity contribution in [2.45, 2.75) is 0 Å². The van der Waals surface area contributed by atoms with Crippen LogP contribution in [0.15, 0.2) is 0 Å². The molecule has 23 heavy (non-hydrogen) atoms. The average Bonchev–Trinajstić information content (AvgIpc) is 1.62. The summed E-state index contributed by atoms with van der Waals surface area (Å²) >= 11 is 0. The summed E-state index contributed by atoms with van der Waals surface area (Å²) in [5.41, 5.74) is 0. The van der Waals surface area contributed by atoms with Crippen molar-refractivity contribution in [1.29, 1.82) is 0 Å². The van der Waals surface area contributed by atoms with E-state index in [1.807, 2.05) is 0 Å². The fraction of sp³-hybridized carbons (Fsp3) is 0. The van der Waals surface area contributed by atoms with Gasteiger partial charge in [-0.05, 0) is 0 Å². The van der Waals surface area contributed by atoms with E-state index in [0.29, 0.717) is 0 Å². The molecule has 0 aromatic heterocycles. The van der Waals surface area contributed by atoms with Crippen LogP contribution in [0.4, 0.5) is 0 Å². The topological polar surface area (TPSA) is 345 Å². The second-order valence-electron chi connectivity index (χ2n) is 1.79. The van der Waals surface area contributed by atoms with E-state index in [4.69, 9.17) is 77.0 Å². The van der Waals surface area contributed by atoms with Crippen molar-refractivity contribution in [2.24, 2.45) is 0 Å². The Bertz CT molecular complexity index is 292. The monoisotopic (exact) mass is 1070 g/mol. The first-order chi connectivity index (χ1) is 8.00. The van der Waals surface area contributed by atoms with E-state index in [9.17, 15) is 0 Å². The molecule has 23 heteroatoms. The standard InChI is InChI=1S/4H3O4P.3Pa/c4*1-5(2,3)4;;;/h4*(H3,1,2,3,4);;;/q;;;;3*+4/p-12. The molecule has 0 N–H and O–H groups in total. The normalized spacial score (nSPS) is 10.3. The van der Waals surface area contributed by atoms with Gasteiger partial charge in [-0.25, -0.2) is 0 Å². The molecule has 0 rings (SSSR count). The third-order valence-corrected chi connectivity index (χ3v) is 0. The molecule has 0 aliphatic heterocycles. The smallest absolute Gasteiger partial charge is 0.822 e. The number of phosphoric acid groups is 4. The van der Waals surface area contributed by atoms with Crippen molar-refractivity contribution in [3.05, 3.63) is 0 Å². The van der Waals surface area contributed by atoms with Crippen LogP contribution >= 0.6 is 31.3 Å². The van der Waals surface area contributed by atoms with Crippen LogP contribution in [0.5, 0.6) is 0 Å². The third-order valence-electron chi connectivity index (χ3n) is 0. The fourth-order valence-corrected chi connectivity index (χ4v) is 0. The zero-order chi connectivity index (χ0) is 18.0. The van der Waals surface area contributed by atoms with Gasteiger partial charge in [-0.3, -0.25) is 0 Å². The van der Waals surface area contributed by atoms with E-state index < -0.39 is 31.3 Å². The molecule has 0 aliphatic carbocycles. The van der Waals surface area contributed by atoms with Gasteiger partial charge in [0.2, 0.25) is 0 Å². The average molecular weight is 1070 g/mol. The van der Waals surface area contributed by atoms with Crippen molar-refractivity contribution in [3.63, 3.8) is 0 Å². The molecule has 0 aromatic carbocycles. The van der Waals surface area contributed by atoms with Gasteiger partial charge in [0, 0.05) is 0 Å². The first kappa shape index (κ1) is 45.4. The van der Waals surface area contributed by atoms with Gasteiger partial charge < -0.3 is 77.0 Å². The predicted octanol–water partition coefficient (Wildman–Crippen LogP) is -11.3. The Hall–Kier alpha value is 3.71. The molecular formula is O16P4Pa3. The summed E-state index contributed by atoms with van der Waals surface area (Å²) in [6.07, 6.45) is 0. The second-order valence-corrected chi connectivity index (χ2v) is 5.37. The largest absolute Gasteiger partial charge is 4.00 e. The van der Waals surface area contributed by atoms with Gasteiger partial charge in [-0.15, -0.1) is 0 Å². The Morgan fingerprint density at radius 1 is 0.304 bits per heavy atom. The fourth-order valence-electron chi connectivity index (χ4n) is 0. The van der Waals surface area contributed by atoms with Gasteiger partial charge in [0.1, 0.15) is 0 Å². The molecule has 0 heterocycles. The van der Waals surface area contributed by atoms with Gasteiger partial charge in [-0.2, -0.15) is 31.3 Å². The van der Waals surface area contributed by atoms with Crippen LogP contribution in [0.25, 0.3) is 0 Å². The zero-order valence-corrected chi connectivity index (χ0v) is 28.1. The summed E-state index contributed by atoms with van der Waals surface area (Å²) in [4.78, 5) is 103. The van der Waals surface area contributed by atoms with E-state index >= 15 is 0 Å². The Morgan fingerprint density at radius 2 is 0.304 bits per heavy atom. The third kappa shape index (κ3) is 1050. The molecule has 0 aromatic rings. The van der Waals surface area contributed by atoms with Gasteiger partial charge in [0.25, 0.3) is 0 Å². The van der Waals surface area contributed by atoms with Crippen LogP contribution in [-0.2, 0) is 18.3 Å². The minimum atomic E-state index is -5.39. The van der Waals surface area contributed by atoms with Gasteiger partial charge in [0.05, 0.1) is 0 Å². The van der Waals surface area contributed by atoms with Crippen LogP contribution in [0, 0.1) is 96.9 Å². The molecule has 16 nitrogen and oxygen atoms in total. The molecule has 0 unspecified atom stereocenters. The molecular weight excluding hydrogens is 1070 g/mol. The Morgan fingerprint density at radius 3 is 0.304 bits per heavy atom. The number of hydrogen-bond acceptors (Lipinski definition) is 16. The van der Waals surface area contributed by atoms with Crippen molar-refractivity contribution in [2.75, 3.05) is 0 Å². The molecule has 0 saturated heterocycles. The molecule has 0 bridgehead atoms. The first-order valence-electron chi connectivity index (χ1n) is 2.92. The molecule has 125 valence electrons. The summed E-state index contributed by atoms with van der Waals surface area (Å²) in [5, 5.41) is 0. The van der Waals surface area contributed by atoms with Crippen LogP contribution in [-0.4, -0.2) is 0 Å². The molecule has 0 saturated carbocycles. The minimum absolute atomic E-state index is 0. The van der Waals surface area contributed by atoms with Gasteiger partial charge in [-0.1, -0.05) is 0 Å². The summed E-state index contributed by atoms with van der Waals surface area (Å²) in [7, 11) is -21.6. The van der Waals surface area contributed by atoms with E-state index in [1.54, 1.807) is 0 Å². The summed E-state index contributed by atoms with van der Waals surface area (Å²) < 4.78 is 34.2. The van der Waals surface area contributed by atoms with E-state index in [2.05, 4.69) is 0 Å². The summed E-state index contributed by atoms with van der Waals surface area (Å²) in [5.74, 6) is 0. The Kier molecular flexibility index (Phi) is 40.4. The minimum Gasteiger partial charge on any atom is -0.822 e. The summed E-state index contributed by atoms with van der Waals surface area (Å²) in [6.45, 7) is 0. The molecule has 0 spiro atoms. The maximum Gasteiger partial charge on any atom is 4.00 e. The van der Waals surface area contributed by atoms with E-state index in [0.717, 1.165) is 0 Å². The van der Waals surface area contributed by atoms with Crippen LogP contribution in [0.1, 0.15) is 0 Å². The van der Waals surface area contributed by atoms with Crippen LogP contribution in [0.3, 0.4) is 0 Å². The van der Waals surface area contributed by atoms with E-state index in [-0.39, 0.29) is 96.9 Å². The van der Waals surface area contributed by atoms with Gasteiger partial charge >= 0.3 is 96.9 Å². The van der Waals surface area contributed by atoms with Crippen molar-refractivity contribution in [1.82, 2.24) is 0 Å². The van der Waals surface area contributed by atoms with Crippen LogP contribution in [0.2, 0.25) is 0 Å². The zero-order valence-electron chi connectivity index (χ0n) is 10.1. The van der Waals surface area contributed by atoms with Crippen LogP contribution < -0.4 is 58.7 Å². The SMILES string of the molecule is O=P([O-])([O-])[O-].O=P([O-])([O-])[O-].O=P([O-])([O-])[O-].O=P([O-])([O-])[O-].[Pa+4].[Pa+4].[Pa+4]. The second kappa shape index (κ2) is 20.4. The first-order valence-corrected chi connectivity index (χ1v) is 8.76. The molecule has 0 atom stereocenters. The number of rotatable bonds is 0. The quantitative estimate of drug-likeness (QED) is 0.203. The Labute approximate surface area is 202 Å². The van der Waals surface area contributed by atoms with Gasteiger partial charge in [0.15, 0.2) is 0 Å². The predicted molar refractivity (Wildman–Crippen MR) is 30.4 cm³/mol. The maximum absolute atomic E-state index is 8.55. The maximum atomic E-state index is 8.55. The van der Waals surface area contributed by atoms with Crippen molar-refractivity contribution < 1.29 is 174 Å². The molecule has 0 radical (unpaired) electrons. The molecule has 0 amide bonds. The number of hydrogen-bond donors (Lipinski definition) is 0.